The smallest absolute Gasteiger partial charge is 0.0562 e. The Kier molecular flexibility index (Phi) is 4.79. The van der Waals surface area contributed by atoms with Crippen LogP contribution in [-0.2, 0) is 6.54 Å². The maximum atomic E-state index is 4.50. The average Bonchev–Trinajstić information content (AvgIpc) is 3.37. The highest BCUT2D eigenvalue weighted by atomic mass is 15.1. The molecule has 2 aliphatic rings. The van der Waals surface area contributed by atoms with Crippen molar-refractivity contribution in [3.63, 3.8) is 0 Å². The molecule has 3 nitrogen and oxygen atoms in total. The molecule has 3 rings (SSSR count). The van der Waals surface area contributed by atoms with Crippen molar-refractivity contribution in [3.05, 3.63) is 24.0 Å². The molecule has 0 spiro atoms. The standard InChI is InChI=1S/C18H29N3/c1-3-14-4-8-17(9-5-14)21(2)18-10-11-19-16(12-18)13-20-15-6-7-15/h10-12,14-15,17,20H,3-9,13H2,1-2H3. The molecule has 0 atom stereocenters. The summed E-state index contributed by atoms with van der Waals surface area (Å²) in [4.78, 5) is 6.98. The lowest BCUT2D eigenvalue weighted by Crippen LogP contribution is -2.35. The number of nitrogens with one attached hydrogen (secondary N) is 1. The van der Waals surface area contributed by atoms with Crippen LogP contribution in [0.2, 0.25) is 0 Å². The summed E-state index contributed by atoms with van der Waals surface area (Å²) in [6, 6.07) is 5.88. The maximum absolute atomic E-state index is 4.50. The summed E-state index contributed by atoms with van der Waals surface area (Å²) < 4.78 is 0. The molecule has 1 aromatic heterocycles. The summed E-state index contributed by atoms with van der Waals surface area (Å²) in [5.74, 6) is 0.963. The van der Waals surface area contributed by atoms with E-state index in [1.165, 1.54) is 56.3 Å². The van der Waals surface area contributed by atoms with Gasteiger partial charge in [0.25, 0.3) is 0 Å². The second kappa shape index (κ2) is 6.78. The summed E-state index contributed by atoms with van der Waals surface area (Å²) in [5.41, 5.74) is 2.51. The Morgan fingerprint density at radius 2 is 1.95 bits per heavy atom. The average molecular weight is 287 g/mol. The number of aromatic nitrogens is 1. The molecule has 1 heterocycles. The minimum absolute atomic E-state index is 0.708. The highest BCUT2D eigenvalue weighted by Crippen LogP contribution is 2.31. The van der Waals surface area contributed by atoms with Crippen LogP contribution in [0.4, 0.5) is 5.69 Å². The molecule has 116 valence electrons. The first-order chi connectivity index (χ1) is 10.3. The van der Waals surface area contributed by atoms with Crippen molar-refractivity contribution in [2.45, 2.75) is 70.5 Å². The fourth-order valence-corrected chi connectivity index (χ4v) is 3.47. The monoisotopic (exact) mass is 287 g/mol. The first-order valence-electron chi connectivity index (χ1n) is 8.67. The lowest BCUT2D eigenvalue weighted by molar-refractivity contribution is 0.313. The lowest BCUT2D eigenvalue weighted by Gasteiger charge is -2.36. The Balaban J connectivity index is 1.58. The molecule has 0 aliphatic heterocycles. The summed E-state index contributed by atoms with van der Waals surface area (Å²) in [5, 5.41) is 3.55. The van der Waals surface area contributed by atoms with E-state index in [9.17, 15) is 0 Å². The Bertz CT molecular complexity index is 448. The van der Waals surface area contributed by atoms with Crippen LogP contribution in [0.1, 0.15) is 57.6 Å². The van der Waals surface area contributed by atoms with Gasteiger partial charge in [-0.2, -0.15) is 0 Å². The van der Waals surface area contributed by atoms with Gasteiger partial charge in [-0.1, -0.05) is 13.3 Å². The van der Waals surface area contributed by atoms with Crippen LogP contribution in [-0.4, -0.2) is 24.1 Å². The van der Waals surface area contributed by atoms with Crippen molar-refractivity contribution < 1.29 is 0 Å². The first kappa shape index (κ1) is 14.8. The van der Waals surface area contributed by atoms with E-state index < -0.39 is 0 Å². The third-order valence-corrected chi connectivity index (χ3v) is 5.30. The Hall–Kier alpha value is -1.09. The molecule has 2 fully saturated rings. The van der Waals surface area contributed by atoms with Crippen LogP contribution in [0.25, 0.3) is 0 Å². The third kappa shape index (κ3) is 3.97. The zero-order valence-corrected chi connectivity index (χ0v) is 13.5. The van der Waals surface area contributed by atoms with Gasteiger partial charge < -0.3 is 10.2 Å². The van der Waals surface area contributed by atoms with Crippen LogP contribution >= 0.6 is 0 Å². The number of anilines is 1. The zero-order valence-electron chi connectivity index (χ0n) is 13.5. The molecule has 2 aliphatic carbocycles. The molecule has 21 heavy (non-hydrogen) atoms. The zero-order chi connectivity index (χ0) is 14.7. The predicted molar refractivity (Wildman–Crippen MR) is 88.5 cm³/mol. The van der Waals surface area contributed by atoms with Gasteiger partial charge in [-0.15, -0.1) is 0 Å². The largest absolute Gasteiger partial charge is 0.372 e. The minimum atomic E-state index is 0.708. The van der Waals surface area contributed by atoms with E-state index in [-0.39, 0.29) is 0 Å². The maximum Gasteiger partial charge on any atom is 0.0562 e. The molecule has 0 saturated heterocycles. The van der Waals surface area contributed by atoms with E-state index in [4.69, 9.17) is 0 Å². The molecule has 3 heteroatoms. The fourth-order valence-electron chi connectivity index (χ4n) is 3.47. The highest BCUT2D eigenvalue weighted by Gasteiger charge is 2.24. The van der Waals surface area contributed by atoms with Crippen molar-refractivity contribution >= 4 is 5.69 Å². The van der Waals surface area contributed by atoms with Gasteiger partial charge in [0.05, 0.1) is 5.69 Å². The quantitative estimate of drug-likeness (QED) is 0.864. The molecule has 1 N–H and O–H groups in total. The second-order valence-corrected chi connectivity index (χ2v) is 6.85. The second-order valence-electron chi connectivity index (χ2n) is 6.85. The van der Waals surface area contributed by atoms with Gasteiger partial charge in [0.1, 0.15) is 0 Å². The molecule has 0 radical (unpaired) electrons. The predicted octanol–water partition coefficient (Wildman–Crippen LogP) is 3.74. The van der Waals surface area contributed by atoms with Gasteiger partial charge in [0.2, 0.25) is 0 Å². The van der Waals surface area contributed by atoms with Crippen molar-refractivity contribution in [1.29, 1.82) is 0 Å². The normalized spacial score (nSPS) is 25.8. The van der Waals surface area contributed by atoms with Crippen LogP contribution in [0.3, 0.4) is 0 Å². The van der Waals surface area contributed by atoms with Crippen LogP contribution in [0.5, 0.6) is 0 Å². The summed E-state index contributed by atoms with van der Waals surface area (Å²) in [6.45, 7) is 3.24. The molecular formula is C18H29N3. The first-order valence-corrected chi connectivity index (χ1v) is 8.67. The molecule has 0 bridgehead atoms. The summed E-state index contributed by atoms with van der Waals surface area (Å²) >= 11 is 0. The topological polar surface area (TPSA) is 28.2 Å². The number of hydrogen-bond donors (Lipinski definition) is 1. The number of nitrogens with zero attached hydrogens (tertiary/aromatic N) is 2. The van der Waals surface area contributed by atoms with Crippen molar-refractivity contribution in [3.8, 4) is 0 Å². The Labute approximate surface area is 129 Å². The van der Waals surface area contributed by atoms with Crippen molar-refractivity contribution in [1.82, 2.24) is 10.3 Å². The Morgan fingerprint density at radius 1 is 1.19 bits per heavy atom. The summed E-state index contributed by atoms with van der Waals surface area (Å²) in [6.07, 6.45) is 11.5. The SMILES string of the molecule is CCC1CCC(N(C)c2ccnc(CNC3CC3)c2)CC1. The molecule has 2 saturated carbocycles. The van der Waals surface area contributed by atoms with Gasteiger partial charge >= 0.3 is 0 Å². The van der Waals surface area contributed by atoms with E-state index in [1.807, 2.05) is 6.20 Å². The van der Waals surface area contributed by atoms with E-state index in [2.05, 4.69) is 41.3 Å². The van der Waals surface area contributed by atoms with Crippen LogP contribution < -0.4 is 10.2 Å². The molecular weight excluding hydrogens is 258 g/mol. The van der Waals surface area contributed by atoms with Crippen LogP contribution in [0, 0.1) is 5.92 Å². The van der Waals surface area contributed by atoms with Gasteiger partial charge in [-0.05, 0) is 56.6 Å². The molecule has 1 aromatic rings. The van der Waals surface area contributed by atoms with E-state index in [1.54, 1.807) is 0 Å². The van der Waals surface area contributed by atoms with E-state index in [0.29, 0.717) is 6.04 Å². The van der Waals surface area contributed by atoms with E-state index in [0.717, 1.165) is 18.5 Å². The Morgan fingerprint density at radius 3 is 2.62 bits per heavy atom. The molecule has 0 aromatic carbocycles. The van der Waals surface area contributed by atoms with Crippen molar-refractivity contribution in [2.75, 3.05) is 11.9 Å². The highest BCUT2D eigenvalue weighted by molar-refractivity contribution is 5.46. The van der Waals surface area contributed by atoms with Gasteiger partial charge in [0.15, 0.2) is 0 Å². The lowest BCUT2D eigenvalue weighted by atomic mass is 9.84. The summed E-state index contributed by atoms with van der Waals surface area (Å²) in [7, 11) is 2.25. The van der Waals surface area contributed by atoms with Gasteiger partial charge in [-0.25, -0.2) is 0 Å². The number of pyridine rings is 1. The third-order valence-electron chi connectivity index (χ3n) is 5.30. The minimum Gasteiger partial charge on any atom is -0.372 e. The van der Waals surface area contributed by atoms with E-state index >= 15 is 0 Å². The molecule has 0 unspecified atom stereocenters. The number of hydrogen-bond acceptors (Lipinski definition) is 3. The van der Waals surface area contributed by atoms with Crippen molar-refractivity contribution in [2.24, 2.45) is 5.92 Å². The fraction of sp³-hybridized carbons (Fsp3) is 0.722. The molecule has 0 amide bonds. The van der Waals surface area contributed by atoms with Gasteiger partial charge in [-0.3, -0.25) is 4.98 Å². The van der Waals surface area contributed by atoms with Gasteiger partial charge in [0, 0.05) is 37.6 Å². The number of rotatable bonds is 6. The van der Waals surface area contributed by atoms with Crippen LogP contribution in [0.15, 0.2) is 18.3 Å².